The quantitative estimate of drug-likeness (QED) is 0.609. The number of phenols is 2. The van der Waals surface area contributed by atoms with Gasteiger partial charge < -0.3 is 10.2 Å². The third kappa shape index (κ3) is 4.33. The minimum absolute atomic E-state index is 0.0154. The Balaban J connectivity index is 2.55. The first-order valence-corrected chi connectivity index (χ1v) is 9.77. The Morgan fingerprint density at radius 1 is 0.720 bits per heavy atom. The standard InChI is InChI=1S/C22H30O2S/c1-7-21(3,4)17-13-15(23)9-11-19(17)25-20-12-10-16(24)14-18(20)22(5,6)8-2/h9-14,23-24H,7-8H2,1-6H3. The molecular weight excluding hydrogens is 328 g/mol. The molecule has 2 nitrogen and oxygen atoms in total. The van der Waals surface area contributed by atoms with Crippen LogP contribution in [0.4, 0.5) is 0 Å². The van der Waals surface area contributed by atoms with Gasteiger partial charge in [0, 0.05) is 9.79 Å². The molecular formula is C22H30O2S. The van der Waals surface area contributed by atoms with Crippen LogP contribution in [0, 0.1) is 0 Å². The first-order valence-electron chi connectivity index (χ1n) is 8.95. The summed E-state index contributed by atoms with van der Waals surface area (Å²) in [6.45, 7) is 13.2. The molecule has 2 aromatic carbocycles. The average molecular weight is 359 g/mol. The summed E-state index contributed by atoms with van der Waals surface area (Å²) in [6, 6.07) is 11.3. The molecule has 0 aliphatic rings. The molecule has 0 spiro atoms. The Bertz CT molecular complexity index is 684. The summed E-state index contributed by atoms with van der Waals surface area (Å²) in [4.78, 5) is 2.31. The van der Waals surface area contributed by atoms with Crippen LogP contribution in [-0.2, 0) is 10.8 Å². The van der Waals surface area contributed by atoms with Crippen LogP contribution in [-0.4, -0.2) is 10.2 Å². The van der Waals surface area contributed by atoms with Crippen molar-refractivity contribution in [1.82, 2.24) is 0 Å². The van der Waals surface area contributed by atoms with Crippen molar-refractivity contribution < 1.29 is 10.2 Å². The Hall–Kier alpha value is -1.61. The van der Waals surface area contributed by atoms with Gasteiger partial charge >= 0.3 is 0 Å². The van der Waals surface area contributed by atoms with Crippen molar-refractivity contribution in [3.63, 3.8) is 0 Å². The van der Waals surface area contributed by atoms with Crippen LogP contribution in [0.3, 0.4) is 0 Å². The first kappa shape index (κ1) is 19.7. The van der Waals surface area contributed by atoms with E-state index in [0.29, 0.717) is 11.5 Å². The van der Waals surface area contributed by atoms with Gasteiger partial charge in [0.15, 0.2) is 0 Å². The van der Waals surface area contributed by atoms with Crippen LogP contribution in [0.5, 0.6) is 11.5 Å². The maximum atomic E-state index is 9.98. The van der Waals surface area contributed by atoms with Crippen molar-refractivity contribution in [3.8, 4) is 11.5 Å². The van der Waals surface area contributed by atoms with Crippen LogP contribution in [0.25, 0.3) is 0 Å². The first-order chi connectivity index (χ1) is 11.6. The van der Waals surface area contributed by atoms with E-state index in [1.54, 1.807) is 23.9 Å². The zero-order valence-corrected chi connectivity index (χ0v) is 17.0. The Morgan fingerprint density at radius 3 is 1.40 bits per heavy atom. The molecule has 0 aliphatic heterocycles. The van der Waals surface area contributed by atoms with Gasteiger partial charge in [-0.3, -0.25) is 0 Å². The zero-order valence-electron chi connectivity index (χ0n) is 16.2. The second-order valence-electron chi connectivity index (χ2n) is 7.94. The number of hydrogen-bond donors (Lipinski definition) is 2. The van der Waals surface area contributed by atoms with Crippen LogP contribution in [0.2, 0.25) is 0 Å². The third-order valence-corrected chi connectivity index (χ3v) is 6.52. The van der Waals surface area contributed by atoms with Gasteiger partial charge in [0.25, 0.3) is 0 Å². The second-order valence-corrected chi connectivity index (χ2v) is 9.02. The van der Waals surface area contributed by atoms with Gasteiger partial charge in [0.2, 0.25) is 0 Å². The van der Waals surface area contributed by atoms with Crippen molar-refractivity contribution in [1.29, 1.82) is 0 Å². The molecule has 2 rings (SSSR count). The Labute approximate surface area is 156 Å². The van der Waals surface area contributed by atoms with Gasteiger partial charge in [0.1, 0.15) is 11.5 Å². The number of aromatic hydroxyl groups is 2. The van der Waals surface area contributed by atoms with E-state index in [4.69, 9.17) is 0 Å². The summed E-state index contributed by atoms with van der Waals surface area (Å²) in [7, 11) is 0. The fraction of sp³-hybridized carbons (Fsp3) is 0.455. The predicted molar refractivity (Wildman–Crippen MR) is 107 cm³/mol. The van der Waals surface area contributed by atoms with E-state index in [9.17, 15) is 10.2 Å². The van der Waals surface area contributed by atoms with E-state index in [2.05, 4.69) is 41.5 Å². The fourth-order valence-electron chi connectivity index (χ4n) is 2.77. The fourth-order valence-corrected chi connectivity index (χ4v) is 4.17. The van der Waals surface area contributed by atoms with E-state index in [0.717, 1.165) is 33.8 Å². The topological polar surface area (TPSA) is 40.5 Å². The molecule has 3 heteroatoms. The maximum Gasteiger partial charge on any atom is 0.115 e. The van der Waals surface area contributed by atoms with Crippen molar-refractivity contribution in [2.75, 3.05) is 0 Å². The molecule has 136 valence electrons. The summed E-state index contributed by atoms with van der Waals surface area (Å²) < 4.78 is 0. The summed E-state index contributed by atoms with van der Waals surface area (Å²) in [5.41, 5.74) is 2.29. The number of benzene rings is 2. The molecule has 0 unspecified atom stereocenters. The maximum absolute atomic E-state index is 9.98. The lowest BCUT2D eigenvalue weighted by molar-refractivity contribution is 0.459. The van der Waals surface area contributed by atoms with Gasteiger partial charge in [-0.2, -0.15) is 0 Å². The number of hydrogen-bond acceptors (Lipinski definition) is 3. The van der Waals surface area contributed by atoms with Gasteiger partial charge in [-0.15, -0.1) is 0 Å². The SMILES string of the molecule is CCC(C)(C)c1cc(O)ccc1Sc1ccc(O)cc1C(C)(C)CC. The highest BCUT2D eigenvalue weighted by Crippen LogP contribution is 2.44. The minimum atomic E-state index is -0.0154. The van der Waals surface area contributed by atoms with Crippen LogP contribution in [0.15, 0.2) is 46.2 Å². The molecule has 2 aromatic rings. The Morgan fingerprint density at radius 2 is 1.08 bits per heavy atom. The van der Waals surface area contributed by atoms with Gasteiger partial charge in [-0.05, 0) is 71.2 Å². The second kappa shape index (κ2) is 7.33. The molecule has 0 amide bonds. The van der Waals surface area contributed by atoms with E-state index < -0.39 is 0 Å². The smallest absolute Gasteiger partial charge is 0.115 e. The summed E-state index contributed by atoms with van der Waals surface area (Å²) >= 11 is 1.72. The third-order valence-electron chi connectivity index (χ3n) is 5.37. The molecule has 0 aromatic heterocycles. The van der Waals surface area contributed by atoms with E-state index in [-0.39, 0.29) is 10.8 Å². The van der Waals surface area contributed by atoms with E-state index in [1.165, 1.54) is 0 Å². The monoisotopic (exact) mass is 358 g/mol. The lowest BCUT2D eigenvalue weighted by Crippen LogP contribution is -2.18. The Kier molecular flexibility index (Phi) is 5.78. The lowest BCUT2D eigenvalue weighted by atomic mass is 9.82. The zero-order chi connectivity index (χ0) is 18.8. The molecule has 0 radical (unpaired) electrons. The van der Waals surface area contributed by atoms with Crippen molar-refractivity contribution in [3.05, 3.63) is 47.5 Å². The number of rotatable bonds is 6. The molecule has 0 aliphatic carbocycles. The normalized spacial score (nSPS) is 12.4. The minimum Gasteiger partial charge on any atom is -0.508 e. The molecule has 2 N–H and O–H groups in total. The highest BCUT2D eigenvalue weighted by atomic mass is 32.2. The van der Waals surface area contributed by atoms with Gasteiger partial charge in [0.05, 0.1) is 0 Å². The molecule has 25 heavy (non-hydrogen) atoms. The summed E-state index contributed by atoms with van der Waals surface area (Å²) in [5, 5.41) is 20.0. The van der Waals surface area contributed by atoms with Crippen LogP contribution < -0.4 is 0 Å². The van der Waals surface area contributed by atoms with Gasteiger partial charge in [-0.1, -0.05) is 53.3 Å². The summed E-state index contributed by atoms with van der Waals surface area (Å²) in [5.74, 6) is 0.612. The van der Waals surface area contributed by atoms with Crippen molar-refractivity contribution in [2.45, 2.75) is 75.0 Å². The number of phenolic OH excluding ortho intramolecular Hbond substituents is 2. The molecule has 0 heterocycles. The predicted octanol–water partition coefficient (Wildman–Crippen LogP) is 6.62. The highest BCUT2D eigenvalue weighted by Gasteiger charge is 2.26. The van der Waals surface area contributed by atoms with Crippen LogP contribution in [0.1, 0.15) is 65.5 Å². The molecule has 0 atom stereocenters. The van der Waals surface area contributed by atoms with E-state index >= 15 is 0 Å². The molecule has 0 bridgehead atoms. The largest absolute Gasteiger partial charge is 0.508 e. The highest BCUT2D eigenvalue weighted by molar-refractivity contribution is 7.99. The van der Waals surface area contributed by atoms with Crippen molar-refractivity contribution >= 4 is 11.8 Å². The van der Waals surface area contributed by atoms with Crippen molar-refractivity contribution in [2.24, 2.45) is 0 Å². The van der Waals surface area contributed by atoms with Gasteiger partial charge in [-0.25, -0.2) is 0 Å². The lowest BCUT2D eigenvalue weighted by Gasteiger charge is -2.29. The van der Waals surface area contributed by atoms with Crippen LogP contribution >= 0.6 is 11.8 Å². The molecule has 0 fully saturated rings. The molecule has 0 saturated carbocycles. The van der Waals surface area contributed by atoms with E-state index in [1.807, 2.05) is 24.3 Å². The average Bonchev–Trinajstić information content (AvgIpc) is 2.57. The summed E-state index contributed by atoms with van der Waals surface area (Å²) in [6.07, 6.45) is 1.99. The molecule has 0 saturated heterocycles.